The van der Waals surface area contributed by atoms with Crippen LogP contribution in [0.3, 0.4) is 0 Å². The summed E-state index contributed by atoms with van der Waals surface area (Å²) in [6.45, 7) is 4.96. The zero-order valence-corrected chi connectivity index (χ0v) is 15.3. The van der Waals surface area contributed by atoms with Gasteiger partial charge in [0.15, 0.2) is 0 Å². The number of methoxy groups -OCH3 is 2. The molecule has 0 aliphatic rings. The van der Waals surface area contributed by atoms with E-state index in [1.807, 2.05) is 53.9 Å². The topological polar surface area (TPSA) is 36.9 Å². The number of ether oxygens (including phenoxy) is 2. The van der Waals surface area contributed by atoms with E-state index < -0.39 is 0 Å². The Kier molecular flexibility index (Phi) is 11.0. The van der Waals surface area contributed by atoms with Crippen LogP contribution in [-0.4, -0.2) is 46.9 Å². The van der Waals surface area contributed by atoms with Crippen molar-refractivity contribution in [2.24, 2.45) is 11.8 Å². The number of rotatable bonds is 9. The van der Waals surface area contributed by atoms with Gasteiger partial charge in [0.05, 0.1) is 12.6 Å². The third-order valence-electron chi connectivity index (χ3n) is 3.07. The summed E-state index contributed by atoms with van der Waals surface area (Å²) in [5, 5.41) is 0. The highest BCUT2D eigenvalue weighted by molar-refractivity contribution is 14.1. The summed E-state index contributed by atoms with van der Waals surface area (Å²) in [4.78, 5) is 0. The van der Waals surface area contributed by atoms with Gasteiger partial charge in [-0.3, -0.25) is 0 Å². The minimum absolute atomic E-state index is 0.0183. The first-order chi connectivity index (χ1) is 8.03. The Bertz CT molecular complexity index is 195. The molecule has 4 atom stereocenters. The van der Waals surface area contributed by atoms with E-state index in [0.717, 1.165) is 0 Å². The van der Waals surface area contributed by atoms with E-state index in [-0.39, 0.29) is 24.1 Å². The van der Waals surface area contributed by atoms with Gasteiger partial charge in [-0.15, -0.1) is 0 Å². The lowest BCUT2D eigenvalue weighted by molar-refractivity contribution is -0.0741. The van der Waals surface area contributed by atoms with Gasteiger partial charge in [-0.2, -0.15) is 0 Å². The summed E-state index contributed by atoms with van der Waals surface area (Å²) in [5.41, 5.74) is 0. The fraction of sp³-hybridized carbons (Fsp3) is 1.00. The molecule has 0 spiro atoms. The minimum Gasteiger partial charge on any atom is -0.388 e. The third-order valence-corrected chi connectivity index (χ3v) is 4.01. The highest BCUT2D eigenvalue weighted by atomic mass is 127. The predicted octanol–water partition coefficient (Wildman–Crippen LogP) is 1.98. The fourth-order valence-corrected chi connectivity index (χ4v) is 2.91. The van der Waals surface area contributed by atoms with Crippen LogP contribution < -0.4 is 0 Å². The van der Waals surface area contributed by atoms with Crippen molar-refractivity contribution >= 4 is 53.9 Å². The SMILES string of the molecule is B[C@H](OC)[C@H](OC)[C@H](OI)[C@H](COI)C(C)C. The molecule has 0 aliphatic carbocycles. The standard InChI is InChI=1S/C10H21BI2O4/c1-6(2)7(5-16-12)8(17-13)9(14-3)10(11)15-4/h6-10H,5,11H2,1-4H3/t7-,8-,9-,10-/m1/s1. The van der Waals surface area contributed by atoms with Crippen molar-refractivity contribution in [1.29, 1.82) is 0 Å². The van der Waals surface area contributed by atoms with Gasteiger partial charge < -0.3 is 15.6 Å². The highest BCUT2D eigenvalue weighted by Gasteiger charge is 2.35. The second-order valence-corrected chi connectivity index (χ2v) is 5.51. The lowest BCUT2D eigenvalue weighted by Gasteiger charge is -2.35. The second-order valence-electron chi connectivity index (χ2n) is 4.38. The Morgan fingerprint density at radius 2 is 1.65 bits per heavy atom. The summed E-state index contributed by atoms with van der Waals surface area (Å²) in [6, 6.07) is -0.0183. The molecule has 0 saturated heterocycles. The maximum Gasteiger partial charge on any atom is 0.142 e. The number of hydrogen-bond donors (Lipinski definition) is 0. The Morgan fingerprint density at radius 3 is 1.94 bits per heavy atom. The smallest absolute Gasteiger partial charge is 0.142 e. The van der Waals surface area contributed by atoms with E-state index in [1.54, 1.807) is 14.2 Å². The molecule has 0 N–H and O–H groups in total. The monoisotopic (exact) mass is 470 g/mol. The fourth-order valence-electron chi connectivity index (χ4n) is 1.83. The van der Waals surface area contributed by atoms with Crippen LogP contribution in [-0.2, 0) is 15.6 Å². The second kappa shape index (κ2) is 10.2. The maximum atomic E-state index is 5.58. The quantitative estimate of drug-likeness (QED) is 0.382. The van der Waals surface area contributed by atoms with E-state index >= 15 is 0 Å². The molecule has 102 valence electrons. The number of halogens is 2. The Balaban J connectivity index is 4.83. The summed E-state index contributed by atoms with van der Waals surface area (Å²) >= 11 is 3.85. The van der Waals surface area contributed by atoms with Crippen molar-refractivity contribution in [2.45, 2.75) is 32.1 Å². The maximum absolute atomic E-state index is 5.58. The average Bonchev–Trinajstić information content (AvgIpc) is 2.32. The lowest BCUT2D eigenvalue weighted by atomic mass is 9.81. The van der Waals surface area contributed by atoms with E-state index in [1.165, 1.54) is 0 Å². The molecular formula is C10H21BI2O4. The molecule has 0 bridgehead atoms. The van der Waals surface area contributed by atoms with Crippen molar-refractivity contribution in [3.05, 3.63) is 0 Å². The molecule has 0 radical (unpaired) electrons. The molecule has 0 saturated carbocycles. The Morgan fingerprint density at radius 1 is 1.06 bits per heavy atom. The van der Waals surface area contributed by atoms with E-state index in [9.17, 15) is 0 Å². The molecular weight excluding hydrogens is 449 g/mol. The third kappa shape index (κ3) is 5.90. The Hall–Kier alpha value is 1.36. The van der Waals surface area contributed by atoms with E-state index in [4.69, 9.17) is 15.6 Å². The molecule has 4 nitrogen and oxygen atoms in total. The molecule has 0 aromatic heterocycles. The van der Waals surface area contributed by atoms with Gasteiger partial charge in [0, 0.05) is 20.1 Å². The molecule has 0 amide bonds. The van der Waals surface area contributed by atoms with Gasteiger partial charge in [0.1, 0.15) is 66.1 Å². The first-order valence-corrected chi connectivity index (χ1v) is 7.36. The molecule has 0 rings (SSSR count). The molecule has 0 unspecified atom stereocenters. The predicted molar refractivity (Wildman–Crippen MR) is 87.3 cm³/mol. The first kappa shape index (κ1) is 18.4. The summed E-state index contributed by atoms with van der Waals surface area (Å²) in [5.74, 6) is 0.720. The van der Waals surface area contributed by atoms with Crippen molar-refractivity contribution in [2.75, 3.05) is 20.8 Å². The van der Waals surface area contributed by atoms with Crippen molar-refractivity contribution in [1.82, 2.24) is 0 Å². The van der Waals surface area contributed by atoms with Crippen LogP contribution >= 0.6 is 46.0 Å². The van der Waals surface area contributed by atoms with Crippen LogP contribution in [0, 0.1) is 11.8 Å². The first-order valence-electron chi connectivity index (χ1n) is 5.59. The van der Waals surface area contributed by atoms with Crippen LogP contribution in [0.1, 0.15) is 13.8 Å². The van der Waals surface area contributed by atoms with Gasteiger partial charge in [-0.25, -0.2) is 0 Å². The van der Waals surface area contributed by atoms with Crippen LogP contribution in [0.15, 0.2) is 0 Å². The largest absolute Gasteiger partial charge is 0.388 e. The van der Waals surface area contributed by atoms with Gasteiger partial charge in [0.25, 0.3) is 0 Å². The van der Waals surface area contributed by atoms with Crippen molar-refractivity contribution in [3.63, 3.8) is 0 Å². The molecule has 0 aromatic carbocycles. The number of hydrogen-bond acceptors (Lipinski definition) is 4. The summed E-state index contributed by atoms with van der Waals surface area (Å²) in [6.07, 6.45) is -0.152. The van der Waals surface area contributed by atoms with Gasteiger partial charge in [0.2, 0.25) is 0 Å². The van der Waals surface area contributed by atoms with Gasteiger partial charge in [-0.05, 0) is 5.92 Å². The molecule has 0 aliphatic heterocycles. The summed E-state index contributed by atoms with van der Waals surface area (Å²) < 4.78 is 21.7. The summed E-state index contributed by atoms with van der Waals surface area (Å²) in [7, 11) is 5.35. The highest BCUT2D eigenvalue weighted by Crippen LogP contribution is 2.26. The van der Waals surface area contributed by atoms with Gasteiger partial charge >= 0.3 is 0 Å². The molecule has 17 heavy (non-hydrogen) atoms. The van der Waals surface area contributed by atoms with Crippen LogP contribution in [0.2, 0.25) is 0 Å². The van der Waals surface area contributed by atoms with Crippen LogP contribution in [0.4, 0.5) is 0 Å². The molecule has 0 aromatic rings. The molecule has 0 heterocycles. The molecule has 0 fully saturated rings. The van der Waals surface area contributed by atoms with Gasteiger partial charge in [-0.1, -0.05) is 13.8 Å². The lowest BCUT2D eigenvalue weighted by Crippen LogP contribution is -2.47. The Labute approximate surface area is 133 Å². The average molecular weight is 470 g/mol. The normalized spacial score (nSPS) is 19.0. The van der Waals surface area contributed by atoms with E-state index in [2.05, 4.69) is 13.8 Å². The van der Waals surface area contributed by atoms with Crippen molar-refractivity contribution < 1.29 is 15.6 Å². The van der Waals surface area contributed by atoms with Crippen LogP contribution in [0.5, 0.6) is 0 Å². The molecule has 7 heteroatoms. The zero-order valence-electron chi connectivity index (χ0n) is 11.0. The van der Waals surface area contributed by atoms with E-state index in [0.29, 0.717) is 12.5 Å². The van der Waals surface area contributed by atoms with Crippen molar-refractivity contribution in [3.8, 4) is 0 Å². The van der Waals surface area contributed by atoms with Crippen LogP contribution in [0.25, 0.3) is 0 Å². The zero-order chi connectivity index (χ0) is 13.4. The minimum atomic E-state index is -0.101.